The number of hydrogen-bond donors (Lipinski definition) is 1. The summed E-state index contributed by atoms with van der Waals surface area (Å²) in [5, 5.41) is 7.23. The highest BCUT2D eigenvalue weighted by atomic mass is 32.2. The summed E-state index contributed by atoms with van der Waals surface area (Å²) in [5.74, 6) is -2.76. The van der Waals surface area contributed by atoms with E-state index >= 15 is 0 Å². The van der Waals surface area contributed by atoms with Crippen LogP contribution in [0.15, 0.2) is 17.6 Å². The number of methoxy groups -OCH3 is 1. The topological polar surface area (TPSA) is 111 Å². The molecule has 1 aromatic heterocycles. The predicted molar refractivity (Wildman–Crippen MR) is 93.6 cm³/mol. The van der Waals surface area contributed by atoms with Gasteiger partial charge in [-0.05, 0) is 19.3 Å². The Kier molecular flexibility index (Phi) is 7.30. The number of aromatic nitrogens is 2. The Morgan fingerprint density at radius 3 is 2.66 bits per heavy atom. The fourth-order valence-corrected chi connectivity index (χ4v) is 5.12. The molecule has 2 aliphatic heterocycles. The zero-order valence-electron chi connectivity index (χ0n) is 16.1. The number of aliphatic carboxylic acids is 1. The van der Waals surface area contributed by atoms with E-state index in [4.69, 9.17) is 19.4 Å². The molecule has 13 heteroatoms. The lowest BCUT2D eigenvalue weighted by atomic mass is 9.73. The van der Waals surface area contributed by atoms with Crippen LogP contribution in [0.4, 0.5) is 13.2 Å². The van der Waals surface area contributed by atoms with Crippen LogP contribution in [0.25, 0.3) is 0 Å². The summed E-state index contributed by atoms with van der Waals surface area (Å²) in [6.45, 7) is 2.18. The van der Waals surface area contributed by atoms with E-state index in [0.717, 1.165) is 19.4 Å². The Labute approximate surface area is 166 Å². The first-order valence-corrected chi connectivity index (χ1v) is 10.3. The molecule has 29 heavy (non-hydrogen) atoms. The van der Waals surface area contributed by atoms with Gasteiger partial charge >= 0.3 is 12.1 Å². The number of halogens is 3. The molecule has 1 N–H and O–H groups in total. The van der Waals surface area contributed by atoms with Crippen molar-refractivity contribution in [2.45, 2.75) is 36.6 Å². The van der Waals surface area contributed by atoms with Gasteiger partial charge in [0.15, 0.2) is 5.03 Å². The van der Waals surface area contributed by atoms with E-state index in [0.29, 0.717) is 26.1 Å². The highest BCUT2D eigenvalue weighted by Crippen LogP contribution is 2.41. The molecular formula is C16H24F3N3O6S. The molecule has 0 aliphatic carbocycles. The van der Waals surface area contributed by atoms with Crippen LogP contribution in [0.1, 0.15) is 19.3 Å². The number of alkyl halides is 3. The number of ether oxygens (including phenoxy) is 2. The fraction of sp³-hybridized carbons (Fsp3) is 0.750. The van der Waals surface area contributed by atoms with Crippen molar-refractivity contribution in [2.24, 2.45) is 12.5 Å². The Bertz CT molecular complexity index is 809. The van der Waals surface area contributed by atoms with E-state index in [2.05, 4.69) is 4.98 Å². The summed E-state index contributed by atoms with van der Waals surface area (Å²) in [7, 11) is -0.135. The second-order valence-electron chi connectivity index (χ2n) is 7.07. The summed E-state index contributed by atoms with van der Waals surface area (Å²) in [4.78, 5) is 12.9. The minimum atomic E-state index is -5.08. The SMILES string of the molecule is COCC12CCCOC1CCN(S(=O)(=O)c1cn(C)cn1)C2.O=C(O)C(F)(F)F. The third kappa shape index (κ3) is 5.47. The van der Waals surface area contributed by atoms with Crippen LogP contribution in [0.5, 0.6) is 0 Å². The van der Waals surface area contributed by atoms with Crippen molar-refractivity contribution >= 4 is 16.0 Å². The number of hydrogen-bond acceptors (Lipinski definition) is 6. The quantitative estimate of drug-likeness (QED) is 0.746. The smallest absolute Gasteiger partial charge is 0.475 e. The number of aryl methyl sites for hydroxylation is 1. The van der Waals surface area contributed by atoms with Crippen molar-refractivity contribution in [3.05, 3.63) is 12.5 Å². The lowest BCUT2D eigenvalue weighted by Gasteiger charge is -2.49. The van der Waals surface area contributed by atoms with Crippen molar-refractivity contribution in [1.29, 1.82) is 0 Å². The molecule has 0 aromatic carbocycles. The summed E-state index contributed by atoms with van der Waals surface area (Å²) >= 11 is 0. The van der Waals surface area contributed by atoms with Gasteiger partial charge in [0.1, 0.15) is 0 Å². The number of carboxylic acid groups (broad SMARTS) is 1. The van der Waals surface area contributed by atoms with E-state index in [1.54, 1.807) is 29.2 Å². The minimum Gasteiger partial charge on any atom is -0.475 e. The Morgan fingerprint density at radius 1 is 1.48 bits per heavy atom. The molecule has 2 fully saturated rings. The van der Waals surface area contributed by atoms with Gasteiger partial charge in [0.2, 0.25) is 0 Å². The fourth-order valence-electron chi connectivity index (χ4n) is 3.61. The van der Waals surface area contributed by atoms with E-state index in [1.165, 1.54) is 6.33 Å². The maximum atomic E-state index is 12.8. The van der Waals surface area contributed by atoms with Gasteiger partial charge in [0.25, 0.3) is 10.0 Å². The van der Waals surface area contributed by atoms with Gasteiger partial charge in [0, 0.05) is 45.5 Å². The van der Waals surface area contributed by atoms with Gasteiger partial charge in [-0.25, -0.2) is 18.2 Å². The van der Waals surface area contributed by atoms with Crippen LogP contribution >= 0.6 is 0 Å². The molecule has 0 spiro atoms. The highest BCUT2D eigenvalue weighted by molar-refractivity contribution is 7.89. The molecule has 0 amide bonds. The number of nitrogens with zero attached hydrogens (tertiary/aromatic N) is 3. The van der Waals surface area contributed by atoms with Crippen LogP contribution in [0.3, 0.4) is 0 Å². The molecule has 1 aromatic rings. The molecule has 3 heterocycles. The highest BCUT2D eigenvalue weighted by Gasteiger charge is 2.49. The maximum Gasteiger partial charge on any atom is 0.490 e. The van der Waals surface area contributed by atoms with E-state index < -0.39 is 22.2 Å². The number of fused-ring (bicyclic) bond motifs is 1. The first-order valence-electron chi connectivity index (χ1n) is 8.81. The van der Waals surface area contributed by atoms with Crippen LogP contribution in [0.2, 0.25) is 0 Å². The van der Waals surface area contributed by atoms with Crippen LogP contribution in [0, 0.1) is 5.41 Å². The van der Waals surface area contributed by atoms with Crippen LogP contribution in [-0.2, 0) is 31.3 Å². The largest absolute Gasteiger partial charge is 0.490 e. The molecule has 3 rings (SSSR count). The van der Waals surface area contributed by atoms with Crippen molar-refractivity contribution in [3.8, 4) is 0 Å². The average molecular weight is 443 g/mol. The molecule has 2 atom stereocenters. The van der Waals surface area contributed by atoms with Gasteiger partial charge in [-0.15, -0.1) is 0 Å². The third-order valence-corrected chi connectivity index (χ3v) is 6.64. The molecular weight excluding hydrogens is 419 g/mol. The van der Waals surface area contributed by atoms with Gasteiger partial charge < -0.3 is 19.1 Å². The van der Waals surface area contributed by atoms with Gasteiger partial charge in [-0.2, -0.15) is 17.5 Å². The molecule has 9 nitrogen and oxygen atoms in total. The molecule has 2 aliphatic rings. The van der Waals surface area contributed by atoms with Crippen LogP contribution < -0.4 is 0 Å². The van der Waals surface area contributed by atoms with E-state index in [-0.39, 0.29) is 16.5 Å². The Morgan fingerprint density at radius 2 is 2.14 bits per heavy atom. The molecule has 166 valence electrons. The maximum absolute atomic E-state index is 12.8. The number of carbonyl (C=O) groups is 1. The van der Waals surface area contributed by atoms with Crippen molar-refractivity contribution < 1.29 is 41.0 Å². The lowest BCUT2D eigenvalue weighted by Crippen LogP contribution is -2.57. The van der Waals surface area contributed by atoms with Crippen molar-refractivity contribution in [1.82, 2.24) is 13.9 Å². The first kappa shape index (κ1) is 23.6. The van der Waals surface area contributed by atoms with Gasteiger partial charge in [0.05, 0.1) is 19.0 Å². The standard InChI is InChI=1S/C14H23N3O4S.C2HF3O2/c1-16-8-13(15-11-16)22(18,19)17-6-4-12-14(9-17,10-20-2)5-3-7-21-12;3-2(4,5)1(6)7/h8,11-12H,3-7,9-10H2,1-2H3;(H,6,7). The number of imidazole rings is 1. The molecule has 0 radical (unpaired) electrons. The summed E-state index contributed by atoms with van der Waals surface area (Å²) < 4.78 is 71.8. The van der Waals surface area contributed by atoms with Gasteiger partial charge in [-0.3, -0.25) is 0 Å². The third-order valence-electron chi connectivity index (χ3n) is 4.91. The molecule has 0 bridgehead atoms. The molecule has 2 unspecified atom stereocenters. The lowest BCUT2D eigenvalue weighted by molar-refractivity contribution is -0.192. The monoisotopic (exact) mass is 443 g/mol. The van der Waals surface area contributed by atoms with Crippen LogP contribution in [-0.4, -0.2) is 79.0 Å². The summed E-state index contributed by atoms with van der Waals surface area (Å²) in [6, 6.07) is 0. The number of rotatable bonds is 4. The summed E-state index contributed by atoms with van der Waals surface area (Å²) in [6.07, 6.45) is 0.624. The normalized spacial score (nSPS) is 25.6. The number of piperidine rings is 1. The van der Waals surface area contributed by atoms with Gasteiger partial charge in [-0.1, -0.05) is 0 Å². The molecule has 0 saturated carbocycles. The Hall–Kier alpha value is -1.70. The second-order valence-corrected chi connectivity index (χ2v) is 8.95. The number of carboxylic acids is 1. The van der Waals surface area contributed by atoms with E-state index in [1.807, 2.05) is 0 Å². The summed E-state index contributed by atoms with van der Waals surface area (Å²) in [5.41, 5.74) is -0.243. The average Bonchev–Trinajstić information content (AvgIpc) is 3.08. The van der Waals surface area contributed by atoms with E-state index in [9.17, 15) is 21.6 Å². The zero-order chi connectivity index (χ0) is 21.9. The molecule has 2 saturated heterocycles. The minimum absolute atomic E-state index is 0.0800. The van der Waals surface area contributed by atoms with Crippen molar-refractivity contribution in [2.75, 3.05) is 33.4 Å². The zero-order valence-corrected chi connectivity index (χ0v) is 16.9. The Balaban J connectivity index is 0.000000370. The first-order chi connectivity index (χ1) is 13.4. The van der Waals surface area contributed by atoms with Crippen molar-refractivity contribution in [3.63, 3.8) is 0 Å². The second kappa shape index (κ2) is 8.98. The number of sulfonamides is 1. The predicted octanol–water partition coefficient (Wildman–Crippen LogP) is 1.26.